The number of hydrogen-bond donors (Lipinski definition) is 1. The lowest BCUT2D eigenvalue weighted by Crippen LogP contribution is -2.36. The fourth-order valence-electron chi connectivity index (χ4n) is 3.41. The summed E-state index contributed by atoms with van der Waals surface area (Å²) >= 11 is 0. The van der Waals surface area contributed by atoms with Crippen LogP contribution in [0.2, 0.25) is 0 Å². The van der Waals surface area contributed by atoms with Crippen molar-refractivity contribution in [3.05, 3.63) is 71.2 Å². The third-order valence-electron chi connectivity index (χ3n) is 4.62. The summed E-state index contributed by atoms with van der Waals surface area (Å²) < 4.78 is 19.4. The molecule has 0 fully saturated rings. The topological polar surface area (TPSA) is 58.0 Å². The first-order valence-corrected chi connectivity index (χ1v) is 8.58. The van der Waals surface area contributed by atoms with Gasteiger partial charge < -0.3 is 9.40 Å². The summed E-state index contributed by atoms with van der Waals surface area (Å²) in [5.41, 5.74) is 3.88. The summed E-state index contributed by atoms with van der Waals surface area (Å²) in [6.07, 6.45) is 4.32. The van der Waals surface area contributed by atoms with Crippen LogP contribution in [0.3, 0.4) is 0 Å². The number of aromatic nitrogens is 3. The van der Waals surface area contributed by atoms with Crippen molar-refractivity contribution in [3.8, 4) is 0 Å². The van der Waals surface area contributed by atoms with Crippen LogP contribution in [0.15, 0.2) is 41.3 Å². The molecule has 0 spiro atoms. The van der Waals surface area contributed by atoms with E-state index in [4.69, 9.17) is 4.42 Å². The highest BCUT2D eigenvalue weighted by Gasteiger charge is 2.31. The van der Waals surface area contributed by atoms with Gasteiger partial charge in [-0.15, -0.1) is 0 Å². The molecule has 0 saturated carbocycles. The molecule has 0 amide bonds. The van der Waals surface area contributed by atoms with Gasteiger partial charge in [-0.25, -0.2) is 14.4 Å². The number of benzene rings is 1. The molecule has 25 heavy (non-hydrogen) atoms. The number of aromatic amines is 1. The molecule has 0 saturated heterocycles. The average Bonchev–Trinajstić information content (AvgIpc) is 3.23. The number of oxazole rings is 1. The Morgan fingerprint density at radius 2 is 2.28 bits per heavy atom. The van der Waals surface area contributed by atoms with E-state index in [1.165, 1.54) is 6.07 Å². The lowest BCUT2D eigenvalue weighted by molar-refractivity contribution is 0.197. The number of imidazole rings is 1. The molecule has 3 heterocycles. The maximum atomic E-state index is 13.8. The molecule has 6 heteroatoms. The zero-order chi connectivity index (χ0) is 17.4. The van der Waals surface area contributed by atoms with Crippen LogP contribution in [0.5, 0.6) is 0 Å². The molecule has 1 N–H and O–H groups in total. The second-order valence-corrected chi connectivity index (χ2v) is 6.78. The van der Waals surface area contributed by atoms with E-state index in [1.807, 2.05) is 6.07 Å². The maximum absolute atomic E-state index is 13.8. The second kappa shape index (κ2) is 6.44. The molecule has 0 radical (unpaired) electrons. The fourth-order valence-corrected chi connectivity index (χ4v) is 3.41. The molecular weight excluding hydrogens is 319 g/mol. The first-order valence-electron chi connectivity index (χ1n) is 8.58. The van der Waals surface area contributed by atoms with Gasteiger partial charge in [-0.3, -0.25) is 4.90 Å². The van der Waals surface area contributed by atoms with Crippen LogP contribution in [0.4, 0.5) is 4.39 Å². The number of hydrogen-bond acceptors (Lipinski definition) is 4. The number of H-pyrrole nitrogens is 1. The van der Waals surface area contributed by atoms with Crippen LogP contribution >= 0.6 is 0 Å². The van der Waals surface area contributed by atoms with Crippen molar-refractivity contribution in [1.29, 1.82) is 0 Å². The number of rotatable bonds is 4. The molecule has 1 atom stereocenters. The zero-order valence-corrected chi connectivity index (χ0v) is 14.4. The van der Waals surface area contributed by atoms with Crippen molar-refractivity contribution < 1.29 is 8.81 Å². The monoisotopic (exact) mass is 340 g/mol. The molecule has 1 aliphatic rings. The van der Waals surface area contributed by atoms with Gasteiger partial charge in [0.05, 0.1) is 23.8 Å². The Labute approximate surface area is 145 Å². The van der Waals surface area contributed by atoms with Crippen molar-refractivity contribution >= 4 is 0 Å². The molecule has 5 nitrogen and oxygen atoms in total. The van der Waals surface area contributed by atoms with E-state index in [-0.39, 0.29) is 17.8 Å². The highest BCUT2D eigenvalue weighted by Crippen LogP contribution is 2.34. The Morgan fingerprint density at radius 3 is 3.04 bits per heavy atom. The van der Waals surface area contributed by atoms with E-state index in [0.29, 0.717) is 6.54 Å². The minimum atomic E-state index is -0.233. The van der Waals surface area contributed by atoms with E-state index in [1.54, 1.807) is 24.7 Å². The largest absolute Gasteiger partial charge is 0.448 e. The number of fused-ring (bicyclic) bond motifs is 1. The number of nitrogens with one attached hydrogen (secondary N) is 1. The van der Waals surface area contributed by atoms with E-state index in [0.717, 1.165) is 41.5 Å². The van der Waals surface area contributed by atoms with Gasteiger partial charge >= 0.3 is 0 Å². The lowest BCUT2D eigenvalue weighted by atomic mass is 9.95. The summed E-state index contributed by atoms with van der Waals surface area (Å²) in [6, 6.07) is 6.66. The summed E-state index contributed by atoms with van der Waals surface area (Å²) in [4.78, 5) is 14.6. The van der Waals surface area contributed by atoms with Crippen LogP contribution in [0, 0.1) is 5.82 Å². The van der Waals surface area contributed by atoms with E-state index >= 15 is 0 Å². The predicted octanol–water partition coefficient (Wildman–Crippen LogP) is 3.81. The van der Waals surface area contributed by atoms with E-state index in [9.17, 15) is 4.39 Å². The Morgan fingerprint density at radius 1 is 1.40 bits per heavy atom. The molecule has 4 rings (SSSR count). The van der Waals surface area contributed by atoms with Crippen molar-refractivity contribution in [2.45, 2.75) is 38.8 Å². The summed E-state index contributed by atoms with van der Waals surface area (Å²) in [5.74, 6) is 0.769. The summed E-state index contributed by atoms with van der Waals surface area (Å²) in [6.45, 7) is 5.61. The third-order valence-corrected chi connectivity index (χ3v) is 4.62. The van der Waals surface area contributed by atoms with Gasteiger partial charge in [0.25, 0.3) is 0 Å². The Kier molecular flexibility index (Phi) is 4.13. The first-order chi connectivity index (χ1) is 12.1. The smallest absolute Gasteiger partial charge is 0.196 e. The third kappa shape index (κ3) is 3.09. The van der Waals surface area contributed by atoms with Gasteiger partial charge in [0, 0.05) is 31.1 Å². The molecule has 0 unspecified atom stereocenters. The molecule has 130 valence electrons. The molecule has 2 aromatic heterocycles. The zero-order valence-electron chi connectivity index (χ0n) is 14.4. The van der Waals surface area contributed by atoms with Crippen molar-refractivity contribution in [2.75, 3.05) is 6.54 Å². The van der Waals surface area contributed by atoms with Gasteiger partial charge in [0.1, 0.15) is 12.1 Å². The number of halogens is 1. The van der Waals surface area contributed by atoms with Crippen LogP contribution in [0.25, 0.3) is 0 Å². The van der Waals surface area contributed by atoms with Crippen molar-refractivity contribution in [2.24, 2.45) is 0 Å². The normalized spacial score (nSPS) is 17.8. The van der Waals surface area contributed by atoms with Crippen LogP contribution in [-0.2, 0) is 13.0 Å². The van der Waals surface area contributed by atoms with Gasteiger partial charge in [-0.05, 0) is 17.7 Å². The van der Waals surface area contributed by atoms with Crippen LogP contribution < -0.4 is 0 Å². The highest BCUT2D eigenvalue weighted by molar-refractivity contribution is 5.33. The van der Waals surface area contributed by atoms with Crippen LogP contribution in [0.1, 0.15) is 54.3 Å². The Balaban J connectivity index is 1.68. The number of nitrogens with zero attached hydrogens (tertiary/aromatic N) is 3. The average molecular weight is 340 g/mol. The van der Waals surface area contributed by atoms with E-state index in [2.05, 4.69) is 33.7 Å². The summed E-state index contributed by atoms with van der Waals surface area (Å²) in [5, 5.41) is 0. The lowest BCUT2D eigenvalue weighted by Gasteiger charge is -2.34. The Hall–Kier alpha value is -2.47. The maximum Gasteiger partial charge on any atom is 0.196 e. The standard InChI is InChI=1S/C19H21FN4O/c1-12(2)19-23-15(10-25-19)9-24-7-6-16-17(22-11-21-16)18(24)13-4-3-5-14(20)8-13/h3-5,8,10-12,18H,6-7,9H2,1-2H3,(H,21,22)/t18-/m1/s1. The quantitative estimate of drug-likeness (QED) is 0.785. The molecule has 1 aliphatic heterocycles. The molecular formula is C19H21FN4O. The van der Waals surface area contributed by atoms with Crippen molar-refractivity contribution in [1.82, 2.24) is 19.9 Å². The van der Waals surface area contributed by atoms with Gasteiger partial charge in [0.15, 0.2) is 5.89 Å². The Bertz CT molecular complexity index is 870. The molecule has 1 aromatic carbocycles. The summed E-state index contributed by atoms with van der Waals surface area (Å²) in [7, 11) is 0. The predicted molar refractivity (Wildman–Crippen MR) is 91.5 cm³/mol. The molecule has 0 bridgehead atoms. The molecule has 0 aliphatic carbocycles. The first kappa shape index (κ1) is 16.0. The fraction of sp³-hybridized carbons (Fsp3) is 0.368. The molecule has 3 aromatic rings. The second-order valence-electron chi connectivity index (χ2n) is 6.78. The van der Waals surface area contributed by atoms with Gasteiger partial charge in [-0.1, -0.05) is 26.0 Å². The van der Waals surface area contributed by atoms with Crippen LogP contribution in [-0.4, -0.2) is 26.4 Å². The van der Waals surface area contributed by atoms with Gasteiger partial charge in [0.2, 0.25) is 0 Å². The van der Waals surface area contributed by atoms with E-state index < -0.39 is 0 Å². The highest BCUT2D eigenvalue weighted by atomic mass is 19.1. The SMILES string of the molecule is CC(C)c1nc(CN2CCc3[nH]cnc3[C@H]2c2cccc(F)c2)co1. The minimum absolute atomic E-state index is 0.0927. The van der Waals surface area contributed by atoms with Crippen molar-refractivity contribution in [3.63, 3.8) is 0 Å². The minimum Gasteiger partial charge on any atom is -0.448 e. The van der Waals surface area contributed by atoms with Gasteiger partial charge in [-0.2, -0.15) is 0 Å².